The van der Waals surface area contributed by atoms with E-state index < -0.39 is 5.54 Å². The second-order valence-corrected chi connectivity index (χ2v) is 5.93. The molecule has 0 bridgehead atoms. The minimum absolute atomic E-state index is 0.282. The van der Waals surface area contributed by atoms with Crippen molar-refractivity contribution in [2.45, 2.75) is 16.4 Å². The van der Waals surface area contributed by atoms with Crippen LogP contribution in [-0.4, -0.2) is 32.2 Å². The zero-order chi connectivity index (χ0) is 11.5. The number of benzene rings is 1. The monoisotopic (exact) mass is 463 g/mol. The van der Waals surface area contributed by atoms with E-state index in [4.69, 9.17) is 0 Å². The molecule has 1 atom stereocenters. The number of nitrogens with one attached hydrogen (secondary N) is 1. The second-order valence-electron chi connectivity index (χ2n) is 3.42. The van der Waals surface area contributed by atoms with Gasteiger partial charge in [-0.25, -0.2) is 0 Å². The van der Waals surface area contributed by atoms with Crippen LogP contribution < -0.4 is 5.32 Å². The predicted molar refractivity (Wildman–Crippen MR) is 61.2 cm³/mol. The van der Waals surface area contributed by atoms with Gasteiger partial charge in [-0.3, -0.25) is 0 Å². The van der Waals surface area contributed by atoms with Crippen LogP contribution in [0, 0.1) is 5.82 Å². The van der Waals surface area contributed by atoms with Crippen molar-refractivity contribution < 1.29 is 9.18 Å². The number of carbonyl (C=O) groups is 1. The van der Waals surface area contributed by atoms with E-state index in [2.05, 4.69) is 21.2 Å². The fraction of sp³-hybridized carbons (Fsp3) is 0.300. The SMILES string of the molecule is CC([CH2][Tl])(NC=O)c1cc(Br)ccc1F. The summed E-state index contributed by atoms with van der Waals surface area (Å²) in [5.74, 6) is -0.282. The molecule has 0 aromatic heterocycles. The molecule has 0 aliphatic heterocycles. The third-order valence-corrected chi connectivity index (χ3v) is 5.98. The summed E-state index contributed by atoms with van der Waals surface area (Å²) >= 11 is 3.99. The average Bonchev–Trinajstić information content (AvgIpc) is 2.22. The molecule has 0 radical (unpaired) electrons. The van der Waals surface area contributed by atoms with Gasteiger partial charge in [0.2, 0.25) is 0 Å². The zero-order valence-corrected chi connectivity index (χ0v) is 14.3. The number of hydrogen-bond acceptors (Lipinski definition) is 1. The molecule has 1 amide bonds. The number of carbonyl (C=O) groups excluding carboxylic acids is 1. The van der Waals surface area contributed by atoms with Gasteiger partial charge in [0.05, 0.1) is 0 Å². The van der Waals surface area contributed by atoms with Crippen LogP contribution in [0.4, 0.5) is 4.39 Å². The van der Waals surface area contributed by atoms with Crippen LogP contribution in [0.1, 0.15) is 12.5 Å². The summed E-state index contributed by atoms with van der Waals surface area (Å²) in [7, 11) is 0. The third-order valence-electron chi connectivity index (χ3n) is 2.31. The second kappa shape index (κ2) is 5.38. The van der Waals surface area contributed by atoms with Crippen molar-refractivity contribution in [1.82, 2.24) is 5.32 Å². The van der Waals surface area contributed by atoms with E-state index in [1.165, 1.54) is 6.07 Å². The molecular formula is C10H10BrFNOTl. The molecule has 0 saturated heterocycles. The molecule has 1 N–H and O–H groups in total. The fourth-order valence-corrected chi connectivity index (χ4v) is 2.97. The van der Waals surface area contributed by atoms with Crippen molar-refractivity contribution in [2.75, 3.05) is 0 Å². The van der Waals surface area contributed by atoms with Crippen molar-refractivity contribution in [3.8, 4) is 0 Å². The molecule has 1 aromatic carbocycles. The summed E-state index contributed by atoms with van der Waals surface area (Å²) in [5, 5.41) is 2.69. The molecule has 0 spiro atoms. The van der Waals surface area contributed by atoms with Gasteiger partial charge in [0.25, 0.3) is 0 Å². The van der Waals surface area contributed by atoms with Gasteiger partial charge in [-0.2, -0.15) is 0 Å². The fourth-order valence-electron chi connectivity index (χ4n) is 1.30. The van der Waals surface area contributed by atoms with Gasteiger partial charge in [-0.15, -0.1) is 0 Å². The maximum atomic E-state index is 13.6. The van der Waals surface area contributed by atoms with Crippen molar-refractivity contribution in [3.05, 3.63) is 34.1 Å². The Morgan fingerprint density at radius 1 is 1.67 bits per heavy atom. The molecule has 1 unspecified atom stereocenters. The summed E-state index contributed by atoms with van der Waals surface area (Å²) in [4.78, 5) is 10.5. The van der Waals surface area contributed by atoms with Crippen molar-refractivity contribution >= 4 is 48.1 Å². The minimum atomic E-state index is -0.583. The Kier molecular flexibility index (Phi) is 4.69. The first kappa shape index (κ1) is 13.1. The Morgan fingerprint density at radius 2 is 2.33 bits per heavy atom. The summed E-state index contributed by atoms with van der Waals surface area (Å²) in [6.45, 7) is 1.84. The van der Waals surface area contributed by atoms with Crippen LogP contribution in [0.15, 0.2) is 22.7 Å². The molecule has 5 heteroatoms. The quantitative estimate of drug-likeness (QED) is 0.538. The van der Waals surface area contributed by atoms with Crippen LogP contribution in [-0.2, 0) is 10.3 Å². The number of amides is 1. The summed E-state index contributed by atoms with van der Waals surface area (Å²) in [6, 6.07) is 4.77. The molecule has 0 aliphatic carbocycles. The molecule has 0 fully saturated rings. The molecular weight excluding hydrogens is 453 g/mol. The van der Waals surface area contributed by atoms with E-state index in [1.54, 1.807) is 12.1 Å². The number of hydrogen-bond donors (Lipinski definition) is 1. The Bertz CT molecular complexity index is 374. The molecule has 0 saturated carbocycles. The van der Waals surface area contributed by atoms with Gasteiger partial charge in [0.1, 0.15) is 0 Å². The Labute approximate surface area is 112 Å². The van der Waals surface area contributed by atoms with Crippen molar-refractivity contribution in [3.63, 3.8) is 0 Å². The van der Waals surface area contributed by atoms with Gasteiger partial charge >= 0.3 is 113 Å². The number of rotatable bonds is 4. The van der Waals surface area contributed by atoms with Gasteiger partial charge in [0, 0.05) is 0 Å². The van der Waals surface area contributed by atoms with E-state index in [1.807, 2.05) is 6.92 Å². The molecule has 15 heavy (non-hydrogen) atoms. The van der Waals surface area contributed by atoms with Crippen LogP contribution in [0.25, 0.3) is 0 Å². The molecule has 78 valence electrons. The molecule has 0 aliphatic rings. The zero-order valence-electron chi connectivity index (χ0n) is 8.26. The maximum absolute atomic E-state index is 13.6. The van der Waals surface area contributed by atoms with E-state index in [0.717, 1.165) is 8.45 Å². The van der Waals surface area contributed by atoms with Gasteiger partial charge in [-0.05, 0) is 0 Å². The first-order valence-electron chi connectivity index (χ1n) is 4.40. The third kappa shape index (κ3) is 2.99. The van der Waals surface area contributed by atoms with Gasteiger partial charge in [-0.1, -0.05) is 0 Å². The molecule has 1 aromatic rings. The van der Waals surface area contributed by atoms with Crippen LogP contribution >= 0.6 is 15.9 Å². The van der Waals surface area contributed by atoms with E-state index in [0.29, 0.717) is 37.7 Å². The van der Waals surface area contributed by atoms with Crippen LogP contribution in [0.2, 0.25) is 3.98 Å². The average molecular weight is 463 g/mol. The van der Waals surface area contributed by atoms with Crippen LogP contribution in [0.3, 0.4) is 0 Å². The summed E-state index contributed by atoms with van der Waals surface area (Å²) < 4.78 is 15.2. The predicted octanol–water partition coefficient (Wildman–Crippen LogP) is 2.14. The van der Waals surface area contributed by atoms with Crippen molar-refractivity contribution in [1.29, 1.82) is 0 Å². The number of halogens is 2. The Hall–Kier alpha value is 0.0221. The van der Waals surface area contributed by atoms with E-state index in [-0.39, 0.29) is 5.82 Å². The Morgan fingerprint density at radius 3 is 2.87 bits per heavy atom. The van der Waals surface area contributed by atoms with Gasteiger partial charge in [0.15, 0.2) is 0 Å². The van der Waals surface area contributed by atoms with Gasteiger partial charge < -0.3 is 0 Å². The first-order chi connectivity index (χ1) is 7.03. The van der Waals surface area contributed by atoms with E-state index in [9.17, 15) is 9.18 Å². The van der Waals surface area contributed by atoms with Crippen molar-refractivity contribution in [2.24, 2.45) is 0 Å². The Balaban J connectivity index is 3.21. The van der Waals surface area contributed by atoms with Crippen LogP contribution in [0.5, 0.6) is 0 Å². The molecule has 1 rings (SSSR count). The summed E-state index contributed by atoms with van der Waals surface area (Å²) in [6.07, 6.45) is 0.628. The standard InChI is InChI=1S/C10H10BrFNO.Tl/c1-10(2,13-6-14)8-5-7(11)3-4-9(8)12;/h3-6H,1H2,2H3,(H,13,14);. The first-order valence-corrected chi connectivity index (χ1v) is 8.37. The normalized spacial score (nSPS) is 14.3. The molecule has 2 nitrogen and oxygen atoms in total. The summed E-state index contributed by atoms with van der Waals surface area (Å²) in [5.41, 5.74) is -0.0493. The van der Waals surface area contributed by atoms with E-state index >= 15 is 0 Å². The molecule has 0 heterocycles. The topological polar surface area (TPSA) is 29.1 Å².